The largest absolute Gasteiger partial charge is 0.366 e. The van der Waals surface area contributed by atoms with Gasteiger partial charge in [-0.1, -0.05) is 11.6 Å². The summed E-state index contributed by atoms with van der Waals surface area (Å²) in [6.45, 7) is 1.61. The highest BCUT2D eigenvalue weighted by atomic mass is 35.5. The van der Waals surface area contributed by atoms with Gasteiger partial charge in [-0.3, -0.25) is 9.52 Å². The average Bonchev–Trinajstić information content (AvgIpc) is 2.33. The van der Waals surface area contributed by atoms with Crippen LogP contribution in [0, 0.1) is 6.92 Å². The second kappa shape index (κ2) is 5.02. The Balaban J connectivity index is 2.43. The Morgan fingerprint density at radius 2 is 2.05 bits per heavy atom. The molecule has 2 rings (SSSR count). The van der Waals surface area contributed by atoms with E-state index in [0.29, 0.717) is 5.69 Å². The predicted octanol–water partition coefficient (Wildman–Crippen LogP) is 1.53. The van der Waals surface area contributed by atoms with Crippen LogP contribution in [-0.4, -0.2) is 18.4 Å². The van der Waals surface area contributed by atoms with Gasteiger partial charge in [0, 0.05) is 18.5 Å². The average molecular weight is 300 g/mol. The molecule has 0 aliphatic rings. The van der Waals surface area contributed by atoms with Crippen molar-refractivity contribution in [2.24, 2.45) is 0 Å². The van der Waals surface area contributed by atoms with Crippen molar-refractivity contribution in [3.8, 4) is 0 Å². The van der Waals surface area contributed by atoms with Gasteiger partial charge in [0.05, 0.1) is 11.4 Å². The van der Waals surface area contributed by atoms with Crippen molar-refractivity contribution in [2.45, 2.75) is 11.8 Å². The second-order valence-corrected chi connectivity index (χ2v) is 5.78. The molecule has 0 saturated heterocycles. The van der Waals surface area contributed by atoms with Crippen LogP contribution in [0.2, 0.25) is 5.15 Å². The Morgan fingerprint density at radius 1 is 1.32 bits per heavy atom. The van der Waals surface area contributed by atoms with Crippen LogP contribution in [0.15, 0.2) is 40.3 Å². The fraction of sp³-hybridized carbons (Fsp3) is 0.0909. The number of nitrogens with one attached hydrogen (secondary N) is 2. The van der Waals surface area contributed by atoms with E-state index in [4.69, 9.17) is 11.6 Å². The van der Waals surface area contributed by atoms with Gasteiger partial charge in [-0.15, -0.1) is 0 Å². The van der Waals surface area contributed by atoms with Gasteiger partial charge in [0.15, 0.2) is 4.90 Å². The van der Waals surface area contributed by atoms with E-state index in [-0.39, 0.29) is 15.7 Å². The Hall–Kier alpha value is -1.86. The molecule has 0 aliphatic carbocycles. The molecule has 0 fully saturated rings. The molecule has 2 aromatic heterocycles. The summed E-state index contributed by atoms with van der Waals surface area (Å²) in [4.78, 5) is 17.7. The number of aromatic nitrogens is 2. The van der Waals surface area contributed by atoms with Crippen LogP contribution in [0.4, 0.5) is 5.69 Å². The van der Waals surface area contributed by atoms with Crippen LogP contribution in [-0.2, 0) is 10.0 Å². The fourth-order valence-corrected chi connectivity index (χ4v) is 2.81. The smallest absolute Gasteiger partial charge is 0.267 e. The van der Waals surface area contributed by atoms with Crippen molar-refractivity contribution in [3.63, 3.8) is 0 Å². The molecule has 100 valence electrons. The van der Waals surface area contributed by atoms with E-state index < -0.39 is 15.5 Å². The number of hydrogen-bond acceptors (Lipinski definition) is 4. The molecular weight excluding hydrogens is 290 g/mol. The number of rotatable bonds is 3. The third-order valence-corrected chi connectivity index (χ3v) is 3.97. The summed E-state index contributed by atoms with van der Waals surface area (Å²) in [5.74, 6) is 0. The molecule has 6 nitrogen and oxygen atoms in total. The highest BCUT2D eigenvalue weighted by Crippen LogP contribution is 2.18. The molecular formula is C11H10ClN3O3S. The Kier molecular flexibility index (Phi) is 3.59. The van der Waals surface area contributed by atoms with Crippen molar-refractivity contribution < 1.29 is 8.42 Å². The van der Waals surface area contributed by atoms with Gasteiger partial charge < -0.3 is 4.98 Å². The SMILES string of the molecule is Cc1nc(Cl)ccc1NS(=O)(=O)c1c[nH]ccc1=O. The van der Waals surface area contributed by atoms with Gasteiger partial charge in [0.1, 0.15) is 5.15 Å². The van der Waals surface area contributed by atoms with Gasteiger partial charge in [-0.05, 0) is 19.1 Å². The Labute approximate surface area is 114 Å². The number of anilines is 1. The molecule has 0 spiro atoms. The number of sulfonamides is 1. The lowest BCUT2D eigenvalue weighted by molar-refractivity contribution is 0.600. The van der Waals surface area contributed by atoms with Gasteiger partial charge in [-0.25, -0.2) is 13.4 Å². The van der Waals surface area contributed by atoms with E-state index in [1.807, 2.05) is 0 Å². The van der Waals surface area contributed by atoms with Gasteiger partial charge in [0.25, 0.3) is 10.0 Å². The van der Waals surface area contributed by atoms with Gasteiger partial charge in [0.2, 0.25) is 5.43 Å². The maximum atomic E-state index is 12.1. The van der Waals surface area contributed by atoms with Gasteiger partial charge >= 0.3 is 0 Å². The molecule has 8 heteroatoms. The number of aromatic amines is 1. The third-order valence-electron chi connectivity index (χ3n) is 2.37. The first-order chi connectivity index (χ1) is 8.90. The highest BCUT2D eigenvalue weighted by Gasteiger charge is 2.18. The lowest BCUT2D eigenvalue weighted by atomic mass is 10.3. The van der Waals surface area contributed by atoms with Crippen molar-refractivity contribution in [1.82, 2.24) is 9.97 Å². The highest BCUT2D eigenvalue weighted by molar-refractivity contribution is 7.92. The number of halogens is 1. The zero-order valence-electron chi connectivity index (χ0n) is 9.84. The topological polar surface area (TPSA) is 91.9 Å². The quantitative estimate of drug-likeness (QED) is 0.841. The summed E-state index contributed by atoms with van der Waals surface area (Å²) in [6.07, 6.45) is 2.49. The molecule has 2 heterocycles. The Morgan fingerprint density at radius 3 is 2.68 bits per heavy atom. The van der Waals surface area contributed by atoms with E-state index >= 15 is 0 Å². The molecule has 0 atom stereocenters. The molecule has 0 radical (unpaired) electrons. The number of aryl methyl sites for hydroxylation is 1. The standard InChI is InChI=1S/C11H10ClN3O3S/c1-7-8(2-3-11(12)14-7)15-19(17,18)10-6-13-5-4-9(10)16/h2-6,15H,1H3,(H,13,16). The molecule has 2 aromatic rings. The summed E-state index contributed by atoms with van der Waals surface area (Å²) < 4.78 is 26.4. The zero-order valence-corrected chi connectivity index (χ0v) is 11.4. The zero-order chi connectivity index (χ0) is 14.0. The van der Waals surface area contributed by atoms with Crippen LogP contribution in [0.5, 0.6) is 0 Å². The van der Waals surface area contributed by atoms with Crippen LogP contribution in [0.3, 0.4) is 0 Å². The molecule has 0 saturated carbocycles. The minimum Gasteiger partial charge on any atom is -0.366 e. The minimum atomic E-state index is -3.96. The number of H-pyrrole nitrogens is 1. The van der Waals surface area contributed by atoms with E-state index in [0.717, 1.165) is 12.3 Å². The summed E-state index contributed by atoms with van der Waals surface area (Å²) in [6, 6.07) is 4.09. The van der Waals surface area contributed by atoms with Crippen LogP contribution < -0.4 is 10.2 Å². The fourth-order valence-electron chi connectivity index (χ4n) is 1.45. The summed E-state index contributed by atoms with van der Waals surface area (Å²) in [5, 5.41) is 0.262. The van der Waals surface area contributed by atoms with Crippen molar-refractivity contribution >= 4 is 27.3 Å². The predicted molar refractivity (Wildman–Crippen MR) is 71.9 cm³/mol. The molecule has 0 aliphatic heterocycles. The van der Waals surface area contributed by atoms with Crippen LogP contribution in [0.25, 0.3) is 0 Å². The lowest BCUT2D eigenvalue weighted by Gasteiger charge is -2.09. The van der Waals surface area contributed by atoms with E-state index in [1.54, 1.807) is 6.92 Å². The number of nitrogens with zero attached hydrogens (tertiary/aromatic N) is 1. The van der Waals surface area contributed by atoms with E-state index in [2.05, 4.69) is 14.7 Å². The maximum Gasteiger partial charge on any atom is 0.267 e. The molecule has 0 aromatic carbocycles. The van der Waals surface area contributed by atoms with Crippen molar-refractivity contribution in [3.05, 3.63) is 51.7 Å². The van der Waals surface area contributed by atoms with Crippen molar-refractivity contribution in [1.29, 1.82) is 0 Å². The van der Waals surface area contributed by atoms with Crippen LogP contribution >= 0.6 is 11.6 Å². The van der Waals surface area contributed by atoms with E-state index in [9.17, 15) is 13.2 Å². The first-order valence-corrected chi connectivity index (χ1v) is 7.09. The normalized spacial score (nSPS) is 11.3. The second-order valence-electron chi connectivity index (χ2n) is 3.75. The monoisotopic (exact) mass is 299 g/mol. The third kappa shape index (κ3) is 2.94. The molecule has 19 heavy (non-hydrogen) atoms. The van der Waals surface area contributed by atoms with Crippen LogP contribution in [0.1, 0.15) is 5.69 Å². The number of pyridine rings is 2. The maximum absolute atomic E-state index is 12.1. The molecule has 2 N–H and O–H groups in total. The molecule has 0 bridgehead atoms. The molecule has 0 unspecified atom stereocenters. The first-order valence-electron chi connectivity index (χ1n) is 5.23. The minimum absolute atomic E-state index is 0.262. The summed E-state index contributed by atoms with van der Waals surface area (Å²) >= 11 is 5.69. The van der Waals surface area contributed by atoms with Gasteiger partial charge in [-0.2, -0.15) is 0 Å². The first kappa shape index (κ1) is 13.6. The van der Waals surface area contributed by atoms with E-state index in [1.165, 1.54) is 18.3 Å². The lowest BCUT2D eigenvalue weighted by Crippen LogP contribution is -2.21. The summed E-state index contributed by atoms with van der Waals surface area (Å²) in [7, 11) is -3.96. The molecule has 0 amide bonds. The summed E-state index contributed by atoms with van der Waals surface area (Å²) in [5.41, 5.74) is 0.0990. The Bertz CT molecular complexity index is 771. The van der Waals surface area contributed by atoms with Crippen molar-refractivity contribution in [2.75, 3.05) is 4.72 Å². The number of hydrogen-bond donors (Lipinski definition) is 2.